The van der Waals surface area contributed by atoms with Gasteiger partial charge < -0.3 is 25.8 Å². The summed E-state index contributed by atoms with van der Waals surface area (Å²) < 4.78 is 6.85. The third-order valence-electron chi connectivity index (χ3n) is 8.53. The van der Waals surface area contributed by atoms with Crippen LogP contribution in [0.15, 0.2) is 60.7 Å². The molecule has 1 atom stereocenters. The first-order valence-electron chi connectivity index (χ1n) is 15.3. The number of nitriles is 1. The van der Waals surface area contributed by atoms with Gasteiger partial charge in [-0.1, -0.05) is 67.0 Å². The maximum absolute atomic E-state index is 12.5. The van der Waals surface area contributed by atoms with Crippen molar-refractivity contribution in [1.82, 2.24) is 0 Å². The van der Waals surface area contributed by atoms with E-state index in [1.807, 2.05) is 19.1 Å². The van der Waals surface area contributed by atoms with Crippen LogP contribution in [-0.4, -0.2) is 16.9 Å². The molecule has 0 saturated carbocycles. The van der Waals surface area contributed by atoms with Gasteiger partial charge in [0.2, 0.25) is 0 Å². The molecule has 3 aromatic carbocycles. The fourth-order valence-corrected chi connectivity index (χ4v) is 4.79. The first-order valence-corrected chi connectivity index (χ1v) is 15.3. The number of rotatable bonds is 13. The molecule has 43 heavy (non-hydrogen) atoms. The number of benzene rings is 3. The summed E-state index contributed by atoms with van der Waals surface area (Å²) in [7, 11) is 0. The number of aromatic hydroxyl groups is 1. The minimum Gasteiger partial charge on any atom is -0.506 e. The van der Waals surface area contributed by atoms with Crippen LogP contribution in [0.4, 0.5) is 21.9 Å². The largest absolute Gasteiger partial charge is 0.506 e. The van der Waals surface area contributed by atoms with E-state index in [1.54, 1.807) is 36.4 Å². The van der Waals surface area contributed by atoms with Crippen molar-refractivity contribution < 1.29 is 14.6 Å². The van der Waals surface area contributed by atoms with Crippen LogP contribution in [-0.2, 0) is 10.8 Å². The van der Waals surface area contributed by atoms with Crippen molar-refractivity contribution in [3.05, 3.63) is 77.4 Å². The predicted octanol–water partition coefficient (Wildman–Crippen LogP) is 9.68. The third kappa shape index (κ3) is 8.67. The monoisotopic (exact) mass is 584 g/mol. The van der Waals surface area contributed by atoms with E-state index < -0.39 is 11.8 Å². The number of urea groups is 1. The second kappa shape index (κ2) is 13.9. The van der Waals surface area contributed by atoms with Crippen LogP contribution >= 0.6 is 0 Å². The summed E-state index contributed by atoms with van der Waals surface area (Å²) in [4.78, 5) is 12.5. The molecule has 7 heteroatoms. The van der Waals surface area contributed by atoms with Crippen molar-refractivity contribution in [3.8, 4) is 17.6 Å². The highest BCUT2D eigenvalue weighted by atomic mass is 16.5. The molecule has 7 nitrogen and oxygen atoms in total. The molecule has 0 spiro atoms. The molecule has 0 heterocycles. The quantitative estimate of drug-likeness (QED) is 0.118. The Morgan fingerprint density at radius 1 is 0.860 bits per heavy atom. The van der Waals surface area contributed by atoms with Gasteiger partial charge in [0.05, 0.1) is 17.3 Å². The Hall–Kier alpha value is -4.18. The van der Waals surface area contributed by atoms with Crippen molar-refractivity contribution >= 4 is 23.1 Å². The van der Waals surface area contributed by atoms with Crippen LogP contribution in [0.25, 0.3) is 0 Å². The van der Waals surface area contributed by atoms with Gasteiger partial charge in [0, 0.05) is 29.4 Å². The number of carbonyl (C=O) groups excluding carboxylic acids is 1. The molecule has 0 fully saturated rings. The van der Waals surface area contributed by atoms with Gasteiger partial charge in [0.15, 0.2) is 5.72 Å². The summed E-state index contributed by atoms with van der Waals surface area (Å²) >= 11 is 0. The number of nitrogens with zero attached hydrogens (tertiary/aromatic N) is 1. The van der Waals surface area contributed by atoms with Gasteiger partial charge in [0.25, 0.3) is 0 Å². The zero-order valence-electron chi connectivity index (χ0n) is 27.0. The van der Waals surface area contributed by atoms with E-state index in [-0.39, 0.29) is 22.3 Å². The van der Waals surface area contributed by atoms with Crippen LogP contribution in [0.5, 0.6) is 11.5 Å². The van der Waals surface area contributed by atoms with Gasteiger partial charge in [-0.25, -0.2) is 4.79 Å². The first kappa shape index (κ1) is 33.3. The Kier molecular flexibility index (Phi) is 10.7. The number of anilines is 3. The number of unbranched alkanes of at least 4 members (excludes halogenated alkanes) is 1. The summed E-state index contributed by atoms with van der Waals surface area (Å²) in [5.41, 5.74) is 3.72. The second-order valence-electron chi connectivity index (χ2n) is 12.7. The predicted molar refractivity (Wildman–Crippen MR) is 177 cm³/mol. The van der Waals surface area contributed by atoms with E-state index >= 15 is 0 Å². The Bertz CT molecular complexity index is 1440. The molecule has 0 aliphatic rings. The van der Waals surface area contributed by atoms with E-state index in [2.05, 4.69) is 82.6 Å². The lowest BCUT2D eigenvalue weighted by atomic mass is 9.76. The molecule has 4 N–H and O–H groups in total. The number of nitrogens with one attached hydrogen (secondary N) is 3. The number of phenols is 1. The molecule has 3 rings (SSSR count). The number of ether oxygens (including phenoxy) is 1. The van der Waals surface area contributed by atoms with Crippen LogP contribution < -0.4 is 20.7 Å². The number of phenolic OH excluding ortho intramolecular Hbond substituents is 1. The molecule has 0 aromatic heterocycles. The minimum atomic E-state index is -0.745. The number of amides is 2. The molecule has 0 aliphatic carbocycles. The minimum absolute atomic E-state index is 0.0626. The highest BCUT2D eigenvalue weighted by Gasteiger charge is 2.32. The molecule has 0 saturated heterocycles. The van der Waals surface area contributed by atoms with Crippen molar-refractivity contribution in [2.75, 3.05) is 16.0 Å². The number of hydrogen-bond acceptors (Lipinski definition) is 5. The fraction of sp³-hybridized carbons (Fsp3) is 0.444. The van der Waals surface area contributed by atoms with Gasteiger partial charge in [-0.3, -0.25) is 0 Å². The smallest absolute Gasteiger partial charge is 0.323 e. The van der Waals surface area contributed by atoms with Gasteiger partial charge >= 0.3 is 6.03 Å². The van der Waals surface area contributed by atoms with Crippen molar-refractivity contribution in [3.63, 3.8) is 0 Å². The fourth-order valence-electron chi connectivity index (χ4n) is 4.79. The van der Waals surface area contributed by atoms with E-state index in [1.165, 1.54) is 11.1 Å². The van der Waals surface area contributed by atoms with Crippen LogP contribution in [0, 0.1) is 11.3 Å². The summed E-state index contributed by atoms with van der Waals surface area (Å²) in [6.07, 6.45) is 4.74. The topological polar surface area (TPSA) is 106 Å². The molecule has 1 unspecified atom stereocenters. The molecule has 0 radical (unpaired) electrons. The average Bonchev–Trinajstić information content (AvgIpc) is 2.98. The van der Waals surface area contributed by atoms with Gasteiger partial charge in [-0.05, 0) is 85.0 Å². The van der Waals surface area contributed by atoms with Crippen molar-refractivity contribution in [1.29, 1.82) is 5.26 Å². The van der Waals surface area contributed by atoms with E-state index in [4.69, 9.17) is 10.00 Å². The molecule has 0 aliphatic heterocycles. The van der Waals surface area contributed by atoms with Crippen LogP contribution in [0.3, 0.4) is 0 Å². The molecule has 230 valence electrons. The molecular weight excluding hydrogens is 536 g/mol. The van der Waals surface area contributed by atoms with Crippen LogP contribution in [0.2, 0.25) is 0 Å². The van der Waals surface area contributed by atoms with E-state index in [0.717, 1.165) is 37.9 Å². The maximum Gasteiger partial charge on any atom is 0.323 e. The van der Waals surface area contributed by atoms with Gasteiger partial charge in [-0.2, -0.15) is 5.26 Å². The summed E-state index contributed by atoms with van der Waals surface area (Å²) in [5.74, 6) is 0.785. The summed E-state index contributed by atoms with van der Waals surface area (Å²) in [6.45, 7) is 17.7. The maximum atomic E-state index is 12.5. The lowest BCUT2D eigenvalue weighted by molar-refractivity contribution is 0.103. The highest BCUT2D eigenvalue weighted by molar-refractivity contribution is 6.00. The number of hydrogen-bond donors (Lipinski definition) is 4. The third-order valence-corrected chi connectivity index (χ3v) is 8.53. The Balaban J connectivity index is 1.84. The standard InChI is InChI=1S/C36H48N4O3/c1-9-12-21-36(8,43-32-20-15-26(34(4,5)10-2)22-29(32)35(6,7)11-3)40-28-18-19-30(31(41)23-28)39-33(42)38-27-16-13-25(24-37)14-17-27/h13-20,22-23,40-41H,9-12,21H2,1-8H3,(H2,38,39,42). The zero-order chi connectivity index (χ0) is 31.8. The van der Waals surface area contributed by atoms with Crippen LogP contribution in [0.1, 0.15) is 104 Å². The highest BCUT2D eigenvalue weighted by Crippen LogP contribution is 2.40. The zero-order valence-corrected chi connectivity index (χ0v) is 27.0. The molecule has 2 amide bonds. The van der Waals surface area contributed by atoms with Gasteiger partial charge in [0.1, 0.15) is 11.5 Å². The van der Waals surface area contributed by atoms with Crippen molar-refractivity contribution in [2.24, 2.45) is 0 Å². The van der Waals surface area contributed by atoms with E-state index in [0.29, 0.717) is 16.9 Å². The normalized spacial score (nSPS) is 13.0. The first-order chi connectivity index (χ1) is 20.3. The second-order valence-corrected chi connectivity index (χ2v) is 12.7. The molecule has 0 bridgehead atoms. The van der Waals surface area contributed by atoms with Gasteiger partial charge in [-0.15, -0.1) is 0 Å². The Labute approximate surface area is 257 Å². The van der Waals surface area contributed by atoms with Crippen molar-refractivity contribution in [2.45, 2.75) is 104 Å². The molecule has 3 aromatic rings. The Morgan fingerprint density at radius 2 is 1.51 bits per heavy atom. The van der Waals surface area contributed by atoms with E-state index in [9.17, 15) is 9.90 Å². The Morgan fingerprint density at radius 3 is 2.09 bits per heavy atom. The molecular formula is C36H48N4O3. The SMILES string of the molecule is CCCCC(C)(Nc1ccc(NC(=O)Nc2ccc(C#N)cc2)c(O)c1)Oc1ccc(C(C)(C)CC)cc1C(C)(C)CC. The average molecular weight is 585 g/mol. The summed E-state index contributed by atoms with van der Waals surface area (Å²) in [6, 6.07) is 19.8. The lowest BCUT2D eigenvalue weighted by Gasteiger charge is -2.37. The summed E-state index contributed by atoms with van der Waals surface area (Å²) in [5, 5.41) is 28.7. The number of carbonyl (C=O) groups is 1. The lowest BCUT2D eigenvalue weighted by Crippen LogP contribution is -2.41.